The highest BCUT2D eigenvalue weighted by atomic mass is 35.5. The maximum atomic E-state index is 12.6. The zero-order valence-electron chi connectivity index (χ0n) is 15.4. The molecule has 1 unspecified atom stereocenters. The van der Waals surface area contributed by atoms with E-state index < -0.39 is 16.7 Å². The molecule has 0 aliphatic carbocycles. The van der Waals surface area contributed by atoms with Gasteiger partial charge in [-0.15, -0.1) is 0 Å². The fourth-order valence-corrected chi connectivity index (χ4v) is 3.38. The average molecular weight is 406 g/mol. The fourth-order valence-electron chi connectivity index (χ4n) is 3.09. The summed E-state index contributed by atoms with van der Waals surface area (Å²) >= 11 is 6.38. The minimum Gasteiger partial charge on any atom is -0.322 e. The lowest BCUT2D eigenvalue weighted by Crippen LogP contribution is -2.14. The number of nitro benzene ring substituents is 1. The van der Waals surface area contributed by atoms with Gasteiger partial charge in [0.15, 0.2) is 0 Å². The number of halogens is 1. The Morgan fingerprint density at radius 1 is 1.14 bits per heavy atom. The number of para-hydroxylation sites is 1. The molecule has 0 spiro atoms. The molecule has 1 atom stereocenters. The number of nitriles is 1. The van der Waals surface area contributed by atoms with Crippen LogP contribution in [-0.2, 0) is 0 Å². The van der Waals surface area contributed by atoms with Crippen LogP contribution in [0.5, 0.6) is 0 Å². The number of aryl methyl sites for hydroxylation is 1. The Bertz CT molecular complexity index is 1120. The van der Waals surface area contributed by atoms with Crippen LogP contribution in [0.2, 0.25) is 5.02 Å². The van der Waals surface area contributed by atoms with Crippen molar-refractivity contribution in [2.45, 2.75) is 12.8 Å². The molecule has 0 aliphatic rings. The van der Waals surface area contributed by atoms with Crippen molar-refractivity contribution in [3.63, 3.8) is 0 Å². The third-order valence-corrected chi connectivity index (χ3v) is 4.82. The number of amides is 1. The highest BCUT2D eigenvalue weighted by Gasteiger charge is 2.23. The smallest absolute Gasteiger partial charge is 0.285 e. The highest BCUT2D eigenvalue weighted by molar-refractivity contribution is 6.32. The maximum absolute atomic E-state index is 12.6. The van der Waals surface area contributed by atoms with Crippen LogP contribution in [0.25, 0.3) is 0 Å². The maximum Gasteiger partial charge on any atom is 0.285 e. The first-order valence-corrected chi connectivity index (χ1v) is 9.09. The van der Waals surface area contributed by atoms with Gasteiger partial charge in [-0.05, 0) is 36.2 Å². The van der Waals surface area contributed by atoms with Crippen molar-refractivity contribution in [3.05, 3.63) is 104 Å². The molecule has 0 aliphatic heterocycles. The van der Waals surface area contributed by atoms with Gasteiger partial charge in [0.1, 0.15) is 5.56 Å². The molecular weight excluding hydrogens is 390 g/mol. The van der Waals surface area contributed by atoms with E-state index in [1.54, 1.807) is 31.2 Å². The number of hydrogen-bond acceptors (Lipinski definition) is 4. The van der Waals surface area contributed by atoms with Crippen molar-refractivity contribution in [2.75, 3.05) is 5.32 Å². The monoisotopic (exact) mass is 405 g/mol. The number of nitro groups is 1. The molecule has 0 saturated carbocycles. The summed E-state index contributed by atoms with van der Waals surface area (Å²) in [6.45, 7) is 1.58. The summed E-state index contributed by atoms with van der Waals surface area (Å²) in [6, 6.07) is 20.9. The third kappa shape index (κ3) is 4.26. The molecule has 0 fully saturated rings. The van der Waals surface area contributed by atoms with Gasteiger partial charge in [0.05, 0.1) is 16.9 Å². The number of carbonyl (C=O) groups excluding carboxylic acids is 1. The fraction of sp³-hybridized carbons (Fsp3) is 0.0909. The van der Waals surface area contributed by atoms with Gasteiger partial charge in [0, 0.05) is 16.3 Å². The molecule has 0 radical (unpaired) electrons. The van der Waals surface area contributed by atoms with Crippen molar-refractivity contribution < 1.29 is 9.72 Å². The highest BCUT2D eigenvalue weighted by Crippen LogP contribution is 2.32. The number of nitrogens with zero attached hydrogens (tertiary/aromatic N) is 2. The Morgan fingerprint density at radius 3 is 2.48 bits per heavy atom. The van der Waals surface area contributed by atoms with Crippen LogP contribution in [0.15, 0.2) is 66.7 Å². The van der Waals surface area contributed by atoms with E-state index >= 15 is 0 Å². The molecule has 0 aromatic heterocycles. The summed E-state index contributed by atoms with van der Waals surface area (Å²) in [6.07, 6.45) is 0. The molecule has 6 nitrogen and oxygen atoms in total. The predicted octanol–water partition coefficient (Wildman–Crippen LogP) is 5.46. The van der Waals surface area contributed by atoms with Gasteiger partial charge < -0.3 is 5.32 Å². The summed E-state index contributed by atoms with van der Waals surface area (Å²) in [5, 5.41) is 23.9. The standard InChI is InChI=1S/C22H16ClN3O3/c1-14-6-5-9-18(21(14)26(28)29)22(27)25-16-10-11-17(20(23)12-16)19(13-24)15-7-3-2-4-8-15/h2-12,19H,1H3,(H,25,27). The first-order chi connectivity index (χ1) is 13.9. The van der Waals surface area contributed by atoms with Crippen molar-refractivity contribution in [2.24, 2.45) is 0 Å². The van der Waals surface area contributed by atoms with Gasteiger partial charge >= 0.3 is 0 Å². The zero-order chi connectivity index (χ0) is 21.0. The second-order valence-electron chi connectivity index (χ2n) is 6.39. The van der Waals surface area contributed by atoms with Crippen molar-refractivity contribution in [1.29, 1.82) is 5.26 Å². The molecular formula is C22H16ClN3O3. The topological polar surface area (TPSA) is 96.0 Å². The number of benzene rings is 3. The van der Waals surface area contributed by atoms with Gasteiger partial charge in [0.25, 0.3) is 11.6 Å². The van der Waals surface area contributed by atoms with E-state index in [-0.39, 0.29) is 11.3 Å². The molecule has 0 heterocycles. The Balaban J connectivity index is 1.89. The average Bonchev–Trinajstić information content (AvgIpc) is 2.70. The molecule has 3 rings (SSSR count). The Morgan fingerprint density at radius 2 is 1.86 bits per heavy atom. The first kappa shape index (κ1) is 20.1. The summed E-state index contributed by atoms with van der Waals surface area (Å²) in [5.74, 6) is -1.16. The minimum absolute atomic E-state index is 0.0330. The summed E-state index contributed by atoms with van der Waals surface area (Å²) in [4.78, 5) is 23.3. The number of carbonyl (C=O) groups is 1. The van der Waals surface area contributed by atoms with Crippen LogP contribution in [0, 0.1) is 28.4 Å². The Hall–Kier alpha value is -3.69. The van der Waals surface area contributed by atoms with E-state index in [4.69, 9.17) is 11.6 Å². The van der Waals surface area contributed by atoms with E-state index in [0.29, 0.717) is 21.8 Å². The lowest BCUT2D eigenvalue weighted by molar-refractivity contribution is -0.385. The van der Waals surface area contributed by atoms with Crippen LogP contribution >= 0.6 is 11.6 Å². The van der Waals surface area contributed by atoms with E-state index in [1.807, 2.05) is 30.3 Å². The van der Waals surface area contributed by atoms with E-state index in [2.05, 4.69) is 11.4 Å². The quantitative estimate of drug-likeness (QED) is 0.450. The number of hydrogen-bond donors (Lipinski definition) is 1. The molecule has 3 aromatic carbocycles. The van der Waals surface area contributed by atoms with Crippen LogP contribution in [0.1, 0.15) is 33.0 Å². The molecule has 144 valence electrons. The van der Waals surface area contributed by atoms with Crippen LogP contribution < -0.4 is 5.32 Å². The van der Waals surface area contributed by atoms with Gasteiger partial charge in [-0.3, -0.25) is 14.9 Å². The largest absolute Gasteiger partial charge is 0.322 e. The van der Waals surface area contributed by atoms with E-state index in [0.717, 1.165) is 5.56 Å². The summed E-state index contributed by atoms with van der Waals surface area (Å²) < 4.78 is 0. The van der Waals surface area contributed by atoms with Gasteiger partial charge in [0.2, 0.25) is 0 Å². The SMILES string of the molecule is Cc1cccc(C(=O)Nc2ccc(C(C#N)c3ccccc3)c(Cl)c2)c1[N+](=O)[O-]. The van der Waals surface area contributed by atoms with Gasteiger partial charge in [-0.1, -0.05) is 60.1 Å². The normalized spacial score (nSPS) is 11.3. The zero-order valence-corrected chi connectivity index (χ0v) is 16.2. The summed E-state index contributed by atoms with van der Waals surface area (Å²) in [5.41, 5.74) is 1.93. The molecule has 1 amide bonds. The summed E-state index contributed by atoms with van der Waals surface area (Å²) in [7, 11) is 0. The molecule has 29 heavy (non-hydrogen) atoms. The third-order valence-electron chi connectivity index (χ3n) is 4.50. The minimum atomic E-state index is -0.607. The second kappa shape index (κ2) is 8.55. The number of anilines is 1. The lowest BCUT2D eigenvalue weighted by Gasteiger charge is -2.14. The number of rotatable bonds is 5. The van der Waals surface area contributed by atoms with Crippen LogP contribution in [0.4, 0.5) is 11.4 Å². The molecule has 0 bridgehead atoms. The predicted molar refractivity (Wildman–Crippen MR) is 111 cm³/mol. The Labute approximate surface area is 172 Å². The Kier molecular flexibility index (Phi) is 5.91. The molecule has 7 heteroatoms. The van der Waals surface area contributed by atoms with Gasteiger partial charge in [-0.25, -0.2) is 0 Å². The van der Waals surface area contributed by atoms with E-state index in [9.17, 15) is 20.2 Å². The van der Waals surface area contributed by atoms with Crippen molar-refractivity contribution in [3.8, 4) is 6.07 Å². The van der Waals surface area contributed by atoms with E-state index in [1.165, 1.54) is 12.1 Å². The molecule has 1 N–H and O–H groups in total. The first-order valence-electron chi connectivity index (χ1n) is 8.71. The lowest BCUT2D eigenvalue weighted by atomic mass is 9.92. The second-order valence-corrected chi connectivity index (χ2v) is 6.80. The molecule has 0 saturated heterocycles. The van der Waals surface area contributed by atoms with Crippen molar-refractivity contribution in [1.82, 2.24) is 0 Å². The molecule has 3 aromatic rings. The number of nitrogens with one attached hydrogen (secondary N) is 1. The van der Waals surface area contributed by atoms with Gasteiger partial charge in [-0.2, -0.15) is 5.26 Å². The van der Waals surface area contributed by atoms with Crippen LogP contribution in [-0.4, -0.2) is 10.8 Å². The van der Waals surface area contributed by atoms with Crippen LogP contribution in [0.3, 0.4) is 0 Å². The van der Waals surface area contributed by atoms with Crippen molar-refractivity contribution >= 4 is 28.9 Å².